The molecule has 0 aliphatic carbocycles. The second-order valence-corrected chi connectivity index (χ2v) is 5.75. The molecule has 2 aromatic carbocycles. The number of hydrogen-bond acceptors (Lipinski definition) is 6. The van der Waals surface area contributed by atoms with Gasteiger partial charge in [-0.2, -0.15) is 0 Å². The molecule has 0 saturated heterocycles. The van der Waals surface area contributed by atoms with E-state index in [-0.39, 0.29) is 23.8 Å². The smallest absolute Gasteiger partial charge is 0.296 e. The van der Waals surface area contributed by atoms with E-state index in [9.17, 15) is 19.7 Å². The number of methoxy groups -OCH3 is 1. The highest BCUT2D eigenvalue weighted by atomic mass is 16.6. The van der Waals surface area contributed by atoms with Crippen molar-refractivity contribution in [2.75, 3.05) is 29.6 Å². The Morgan fingerprint density at radius 2 is 1.85 bits per heavy atom. The molecule has 27 heavy (non-hydrogen) atoms. The monoisotopic (exact) mass is 372 g/mol. The molecule has 0 unspecified atom stereocenters. The number of aryl methyl sites for hydroxylation is 1. The summed E-state index contributed by atoms with van der Waals surface area (Å²) in [6.07, 6.45) is 0. The number of hydrogen-bond donors (Lipinski definition) is 3. The van der Waals surface area contributed by atoms with Gasteiger partial charge in [-0.15, -0.1) is 0 Å². The Morgan fingerprint density at radius 1 is 1.11 bits per heavy atom. The van der Waals surface area contributed by atoms with E-state index in [0.717, 1.165) is 5.56 Å². The van der Waals surface area contributed by atoms with Crippen LogP contribution in [0.3, 0.4) is 0 Å². The summed E-state index contributed by atoms with van der Waals surface area (Å²) in [6, 6.07) is 9.45. The minimum Gasteiger partial charge on any atom is -0.496 e. The fourth-order valence-electron chi connectivity index (χ4n) is 2.36. The molecule has 0 fully saturated rings. The number of ether oxygens (including phenoxy) is 1. The number of rotatable bonds is 7. The maximum absolute atomic E-state index is 12.2. The molecule has 2 amide bonds. The van der Waals surface area contributed by atoms with Crippen LogP contribution in [0.25, 0.3) is 0 Å². The largest absolute Gasteiger partial charge is 0.496 e. The summed E-state index contributed by atoms with van der Waals surface area (Å²) < 4.78 is 4.96. The molecule has 0 aromatic heterocycles. The molecule has 2 aromatic rings. The van der Waals surface area contributed by atoms with E-state index in [1.165, 1.54) is 32.2 Å². The first-order valence-corrected chi connectivity index (χ1v) is 8.04. The Bertz CT molecular complexity index is 882. The third kappa shape index (κ3) is 5.43. The molecular weight excluding hydrogens is 352 g/mol. The van der Waals surface area contributed by atoms with Crippen molar-refractivity contribution < 1.29 is 19.2 Å². The second-order valence-electron chi connectivity index (χ2n) is 5.75. The predicted octanol–water partition coefficient (Wildman–Crippen LogP) is 2.92. The Hall–Kier alpha value is -3.62. The molecule has 0 aliphatic heterocycles. The normalized spacial score (nSPS) is 10.0. The standard InChI is InChI=1S/C18H20N4O5/c1-11-4-5-13(20-12(2)23)8-16(11)19-10-18(24)21-15-7-6-14(27-3)9-17(15)22(25)26/h4-9,19H,10H2,1-3H3,(H,20,23)(H,21,24). The van der Waals surface area contributed by atoms with E-state index in [0.29, 0.717) is 17.1 Å². The zero-order chi connectivity index (χ0) is 20.0. The molecule has 0 aliphatic rings. The van der Waals surface area contributed by atoms with Crippen LogP contribution in [0, 0.1) is 17.0 Å². The van der Waals surface area contributed by atoms with Gasteiger partial charge in [0.1, 0.15) is 11.4 Å². The highest BCUT2D eigenvalue weighted by molar-refractivity contribution is 5.96. The number of carbonyl (C=O) groups is 2. The number of carbonyl (C=O) groups excluding carboxylic acids is 2. The van der Waals surface area contributed by atoms with E-state index in [4.69, 9.17) is 4.74 Å². The van der Waals surface area contributed by atoms with E-state index in [1.54, 1.807) is 18.2 Å². The lowest BCUT2D eigenvalue weighted by Gasteiger charge is -2.12. The van der Waals surface area contributed by atoms with Gasteiger partial charge in [-0.1, -0.05) is 6.07 Å². The molecular formula is C18H20N4O5. The summed E-state index contributed by atoms with van der Waals surface area (Å²) in [5.74, 6) is -0.329. The van der Waals surface area contributed by atoms with Gasteiger partial charge in [-0.3, -0.25) is 19.7 Å². The SMILES string of the molecule is COc1ccc(NC(=O)CNc2cc(NC(C)=O)ccc2C)c([N+](=O)[O-])c1. The molecule has 0 spiro atoms. The second kappa shape index (κ2) is 8.65. The van der Waals surface area contributed by atoms with Gasteiger partial charge in [0, 0.05) is 18.3 Å². The number of nitrogens with one attached hydrogen (secondary N) is 3. The molecule has 9 heteroatoms. The highest BCUT2D eigenvalue weighted by Crippen LogP contribution is 2.29. The van der Waals surface area contributed by atoms with Crippen molar-refractivity contribution >= 4 is 34.6 Å². The van der Waals surface area contributed by atoms with E-state index >= 15 is 0 Å². The molecule has 9 nitrogen and oxygen atoms in total. The molecule has 3 N–H and O–H groups in total. The van der Waals surface area contributed by atoms with Crippen LogP contribution in [-0.2, 0) is 9.59 Å². The topological polar surface area (TPSA) is 123 Å². The van der Waals surface area contributed by atoms with Crippen LogP contribution in [0.15, 0.2) is 36.4 Å². The van der Waals surface area contributed by atoms with E-state index in [1.807, 2.05) is 6.92 Å². The molecule has 0 saturated carbocycles. The maximum atomic E-state index is 12.2. The minimum absolute atomic E-state index is 0.0799. The fraction of sp³-hybridized carbons (Fsp3) is 0.222. The molecule has 0 bridgehead atoms. The Morgan fingerprint density at radius 3 is 2.48 bits per heavy atom. The highest BCUT2D eigenvalue weighted by Gasteiger charge is 2.17. The van der Waals surface area contributed by atoms with Gasteiger partial charge < -0.3 is 20.7 Å². The molecule has 2 rings (SSSR count). The van der Waals surface area contributed by atoms with Crippen molar-refractivity contribution in [3.05, 3.63) is 52.1 Å². The average molecular weight is 372 g/mol. The first kappa shape index (κ1) is 19.7. The van der Waals surface area contributed by atoms with Crippen LogP contribution < -0.4 is 20.7 Å². The fourth-order valence-corrected chi connectivity index (χ4v) is 2.36. The van der Waals surface area contributed by atoms with Gasteiger partial charge in [-0.25, -0.2) is 0 Å². The maximum Gasteiger partial charge on any atom is 0.296 e. The Labute approximate surface area is 155 Å². The van der Waals surface area contributed by atoms with Crippen molar-refractivity contribution in [2.45, 2.75) is 13.8 Å². The molecule has 0 heterocycles. The van der Waals surface area contributed by atoms with Crippen molar-refractivity contribution in [1.82, 2.24) is 0 Å². The first-order valence-electron chi connectivity index (χ1n) is 8.04. The van der Waals surface area contributed by atoms with E-state index < -0.39 is 10.8 Å². The van der Waals surface area contributed by atoms with Crippen LogP contribution in [-0.4, -0.2) is 30.4 Å². The number of benzene rings is 2. The molecule has 0 atom stereocenters. The van der Waals surface area contributed by atoms with Gasteiger partial charge in [0.25, 0.3) is 5.69 Å². The lowest BCUT2D eigenvalue weighted by molar-refractivity contribution is -0.384. The predicted molar refractivity (Wildman–Crippen MR) is 102 cm³/mol. The average Bonchev–Trinajstić information content (AvgIpc) is 2.61. The van der Waals surface area contributed by atoms with Gasteiger partial charge >= 0.3 is 0 Å². The summed E-state index contributed by atoms with van der Waals surface area (Å²) in [6.45, 7) is 3.15. The van der Waals surface area contributed by atoms with E-state index in [2.05, 4.69) is 16.0 Å². The molecule has 142 valence electrons. The van der Waals surface area contributed by atoms with Crippen molar-refractivity contribution in [3.63, 3.8) is 0 Å². The minimum atomic E-state index is -0.591. The number of anilines is 3. The van der Waals surface area contributed by atoms with Gasteiger partial charge in [0.05, 0.1) is 24.6 Å². The summed E-state index contributed by atoms with van der Waals surface area (Å²) in [7, 11) is 1.40. The van der Waals surface area contributed by atoms with Gasteiger partial charge in [-0.05, 0) is 36.8 Å². The van der Waals surface area contributed by atoms with Crippen LogP contribution in [0.2, 0.25) is 0 Å². The van der Waals surface area contributed by atoms with Crippen LogP contribution in [0.5, 0.6) is 5.75 Å². The number of nitro groups is 1. The van der Waals surface area contributed by atoms with Crippen molar-refractivity contribution in [3.8, 4) is 5.75 Å². The lowest BCUT2D eigenvalue weighted by Crippen LogP contribution is -2.22. The van der Waals surface area contributed by atoms with Gasteiger partial charge in [0.15, 0.2) is 0 Å². The first-order chi connectivity index (χ1) is 12.8. The Kier molecular flexibility index (Phi) is 6.32. The number of amides is 2. The lowest BCUT2D eigenvalue weighted by atomic mass is 10.1. The quantitative estimate of drug-likeness (QED) is 0.507. The van der Waals surface area contributed by atoms with Crippen LogP contribution in [0.4, 0.5) is 22.7 Å². The summed E-state index contributed by atoms with van der Waals surface area (Å²) in [4.78, 5) is 33.9. The third-order valence-electron chi connectivity index (χ3n) is 3.67. The number of nitrogens with zero attached hydrogens (tertiary/aromatic N) is 1. The summed E-state index contributed by atoms with van der Waals surface area (Å²) in [5.41, 5.74) is 1.97. The summed E-state index contributed by atoms with van der Waals surface area (Å²) in [5, 5.41) is 19.3. The van der Waals surface area contributed by atoms with Crippen molar-refractivity contribution in [1.29, 1.82) is 0 Å². The Balaban J connectivity index is 2.07. The summed E-state index contributed by atoms with van der Waals surface area (Å²) >= 11 is 0. The number of nitro benzene ring substituents is 1. The zero-order valence-corrected chi connectivity index (χ0v) is 15.2. The van der Waals surface area contributed by atoms with Crippen LogP contribution in [0.1, 0.15) is 12.5 Å². The van der Waals surface area contributed by atoms with Crippen LogP contribution >= 0.6 is 0 Å². The van der Waals surface area contributed by atoms with Crippen molar-refractivity contribution in [2.24, 2.45) is 0 Å². The third-order valence-corrected chi connectivity index (χ3v) is 3.67. The zero-order valence-electron chi connectivity index (χ0n) is 15.2. The molecule has 0 radical (unpaired) electrons. The van der Waals surface area contributed by atoms with Gasteiger partial charge in [0.2, 0.25) is 11.8 Å².